The van der Waals surface area contributed by atoms with Crippen LogP contribution in [0.25, 0.3) is 16.7 Å². The summed E-state index contributed by atoms with van der Waals surface area (Å²) >= 11 is 0. The van der Waals surface area contributed by atoms with Gasteiger partial charge in [-0.2, -0.15) is 18.3 Å². The molecular formula is C17H14F3N7O3S. The van der Waals surface area contributed by atoms with E-state index in [-0.39, 0.29) is 22.0 Å². The van der Waals surface area contributed by atoms with Crippen LogP contribution in [0.4, 0.5) is 18.9 Å². The van der Waals surface area contributed by atoms with E-state index in [2.05, 4.69) is 25.1 Å². The van der Waals surface area contributed by atoms with Crippen molar-refractivity contribution in [1.29, 1.82) is 0 Å². The summed E-state index contributed by atoms with van der Waals surface area (Å²) in [4.78, 5) is 3.00. The van der Waals surface area contributed by atoms with E-state index in [1.54, 1.807) is 13.1 Å². The SMILES string of the molecule is COc1ccc2nnn(C)c2c1NS(=O)(=O)c1cnn(-c2ccnc(C(F)(F)F)c2)c1. The van der Waals surface area contributed by atoms with E-state index < -0.39 is 21.9 Å². The van der Waals surface area contributed by atoms with Crippen molar-refractivity contribution in [3.63, 3.8) is 0 Å². The zero-order valence-corrected chi connectivity index (χ0v) is 16.8. The number of methoxy groups -OCH3 is 1. The van der Waals surface area contributed by atoms with Gasteiger partial charge >= 0.3 is 6.18 Å². The van der Waals surface area contributed by atoms with Crippen molar-refractivity contribution in [2.75, 3.05) is 11.8 Å². The minimum absolute atomic E-state index is 0.000656. The van der Waals surface area contributed by atoms with Crippen LogP contribution < -0.4 is 9.46 Å². The van der Waals surface area contributed by atoms with E-state index in [0.29, 0.717) is 11.0 Å². The summed E-state index contributed by atoms with van der Waals surface area (Å²) in [5.74, 6) is 0.234. The van der Waals surface area contributed by atoms with Crippen molar-refractivity contribution >= 4 is 26.7 Å². The lowest BCUT2D eigenvalue weighted by atomic mass is 10.2. The van der Waals surface area contributed by atoms with Gasteiger partial charge in [-0.3, -0.25) is 9.71 Å². The maximum absolute atomic E-state index is 13.0. The number of aromatic nitrogens is 6. The number of benzene rings is 1. The highest BCUT2D eigenvalue weighted by Gasteiger charge is 2.32. The minimum Gasteiger partial charge on any atom is -0.494 e. The Kier molecular flexibility index (Phi) is 4.80. The Labute approximate surface area is 173 Å². The number of rotatable bonds is 5. The summed E-state index contributed by atoms with van der Waals surface area (Å²) in [7, 11) is -1.21. The summed E-state index contributed by atoms with van der Waals surface area (Å²) in [6, 6.07) is 5.20. The molecule has 162 valence electrons. The molecule has 0 saturated heterocycles. The first-order valence-electron chi connectivity index (χ1n) is 8.57. The molecule has 10 nitrogen and oxygen atoms in total. The van der Waals surface area contributed by atoms with Crippen LogP contribution in [0.15, 0.2) is 47.8 Å². The number of sulfonamides is 1. The Morgan fingerprint density at radius 1 is 1.19 bits per heavy atom. The van der Waals surface area contributed by atoms with E-state index in [9.17, 15) is 21.6 Å². The molecule has 0 amide bonds. The molecule has 3 aromatic heterocycles. The molecule has 14 heteroatoms. The van der Waals surface area contributed by atoms with Gasteiger partial charge in [-0.1, -0.05) is 5.21 Å². The molecule has 0 unspecified atom stereocenters. The summed E-state index contributed by atoms with van der Waals surface area (Å²) in [5, 5.41) is 11.7. The highest BCUT2D eigenvalue weighted by atomic mass is 32.2. The van der Waals surface area contributed by atoms with Crippen molar-refractivity contribution in [2.45, 2.75) is 11.1 Å². The Hall–Kier alpha value is -3.68. The smallest absolute Gasteiger partial charge is 0.433 e. The fourth-order valence-corrected chi connectivity index (χ4v) is 3.90. The third kappa shape index (κ3) is 3.76. The van der Waals surface area contributed by atoms with E-state index in [0.717, 1.165) is 29.3 Å². The second-order valence-corrected chi connectivity index (χ2v) is 8.03. The molecule has 1 aromatic carbocycles. The predicted octanol–water partition coefficient (Wildman–Crippen LogP) is 2.38. The quantitative estimate of drug-likeness (QED) is 0.493. The van der Waals surface area contributed by atoms with Gasteiger partial charge in [0.05, 0.1) is 25.2 Å². The average molecular weight is 453 g/mol. The third-order valence-electron chi connectivity index (χ3n) is 4.35. The van der Waals surface area contributed by atoms with Gasteiger partial charge in [-0.25, -0.2) is 17.8 Å². The summed E-state index contributed by atoms with van der Waals surface area (Å²) in [6.45, 7) is 0. The van der Waals surface area contributed by atoms with Crippen LogP contribution in [0.2, 0.25) is 0 Å². The van der Waals surface area contributed by atoms with Crippen molar-refractivity contribution in [2.24, 2.45) is 7.05 Å². The number of hydrogen-bond donors (Lipinski definition) is 1. The Morgan fingerprint density at radius 3 is 2.68 bits per heavy atom. The number of anilines is 1. The van der Waals surface area contributed by atoms with Crippen LogP contribution in [0.1, 0.15) is 5.69 Å². The number of ether oxygens (including phenoxy) is 1. The molecule has 0 aliphatic heterocycles. The number of fused-ring (bicyclic) bond motifs is 1. The lowest BCUT2D eigenvalue weighted by molar-refractivity contribution is -0.141. The standard InChI is InChI=1S/C17H14F3N7O3S/c1-26-16-12(23-25-26)3-4-13(30-2)15(16)24-31(28,29)11-8-22-27(9-11)10-5-6-21-14(7-10)17(18,19)20/h3-9,24H,1-2H3. The molecule has 0 atom stereocenters. The van der Waals surface area contributed by atoms with Crippen molar-refractivity contribution in [3.8, 4) is 11.4 Å². The van der Waals surface area contributed by atoms with Crippen LogP contribution >= 0.6 is 0 Å². The van der Waals surface area contributed by atoms with Crippen LogP contribution in [0, 0.1) is 0 Å². The molecule has 0 bridgehead atoms. The first-order valence-corrected chi connectivity index (χ1v) is 10.1. The lowest BCUT2D eigenvalue weighted by Gasteiger charge is -2.12. The van der Waals surface area contributed by atoms with Crippen molar-refractivity contribution in [1.82, 2.24) is 29.8 Å². The molecule has 0 saturated carbocycles. The fraction of sp³-hybridized carbons (Fsp3) is 0.176. The van der Waals surface area contributed by atoms with Gasteiger partial charge in [-0.05, 0) is 24.3 Å². The average Bonchev–Trinajstić information content (AvgIpc) is 3.36. The molecule has 0 radical (unpaired) electrons. The van der Waals surface area contributed by atoms with E-state index in [1.165, 1.54) is 23.9 Å². The first-order chi connectivity index (χ1) is 14.6. The minimum atomic E-state index is -4.65. The Morgan fingerprint density at radius 2 is 1.97 bits per heavy atom. The van der Waals surface area contributed by atoms with E-state index >= 15 is 0 Å². The Balaban J connectivity index is 1.72. The van der Waals surface area contributed by atoms with Gasteiger partial charge in [0.15, 0.2) is 0 Å². The van der Waals surface area contributed by atoms with Gasteiger partial charge in [-0.15, -0.1) is 5.10 Å². The largest absolute Gasteiger partial charge is 0.494 e. The molecule has 0 aliphatic carbocycles. The second-order valence-electron chi connectivity index (χ2n) is 6.35. The predicted molar refractivity (Wildman–Crippen MR) is 102 cm³/mol. The molecule has 0 fully saturated rings. The summed E-state index contributed by atoms with van der Waals surface area (Å²) < 4.78 is 74.7. The lowest BCUT2D eigenvalue weighted by Crippen LogP contribution is -2.14. The zero-order valence-electron chi connectivity index (χ0n) is 16.0. The molecular weight excluding hydrogens is 439 g/mol. The van der Waals surface area contributed by atoms with Crippen molar-refractivity contribution in [3.05, 3.63) is 48.5 Å². The zero-order chi connectivity index (χ0) is 22.4. The monoisotopic (exact) mass is 453 g/mol. The van der Waals surface area contributed by atoms with Gasteiger partial charge < -0.3 is 4.74 Å². The van der Waals surface area contributed by atoms with Crippen molar-refractivity contribution < 1.29 is 26.3 Å². The highest BCUT2D eigenvalue weighted by Crippen LogP contribution is 2.34. The van der Waals surface area contributed by atoms with Crippen LogP contribution in [0.3, 0.4) is 0 Å². The summed E-state index contributed by atoms with van der Waals surface area (Å²) in [5.41, 5.74) is -0.182. The number of halogens is 3. The van der Waals surface area contributed by atoms with Gasteiger partial charge in [0, 0.05) is 13.2 Å². The topological polar surface area (TPSA) is 117 Å². The van der Waals surface area contributed by atoms with Crippen LogP contribution in [0.5, 0.6) is 5.75 Å². The number of hydrogen-bond acceptors (Lipinski definition) is 7. The number of nitrogens with zero attached hydrogens (tertiary/aromatic N) is 6. The van der Waals surface area contributed by atoms with E-state index in [1.807, 2.05) is 0 Å². The Bertz CT molecular complexity index is 1380. The second kappa shape index (κ2) is 7.23. The van der Waals surface area contributed by atoms with Gasteiger partial charge in [0.2, 0.25) is 0 Å². The number of pyridine rings is 1. The van der Waals surface area contributed by atoms with Crippen LogP contribution in [-0.4, -0.2) is 45.3 Å². The van der Waals surface area contributed by atoms with Gasteiger partial charge in [0.1, 0.15) is 33.1 Å². The molecule has 0 spiro atoms. The maximum Gasteiger partial charge on any atom is 0.433 e. The summed E-state index contributed by atoms with van der Waals surface area (Å²) in [6.07, 6.45) is -1.57. The number of aryl methyl sites for hydroxylation is 1. The maximum atomic E-state index is 13.0. The molecule has 0 aliphatic rings. The molecule has 4 aromatic rings. The number of alkyl halides is 3. The van der Waals surface area contributed by atoms with Gasteiger partial charge in [0.25, 0.3) is 10.0 Å². The molecule has 3 heterocycles. The molecule has 1 N–H and O–H groups in total. The first kappa shape index (κ1) is 20.6. The highest BCUT2D eigenvalue weighted by molar-refractivity contribution is 7.92. The van der Waals surface area contributed by atoms with E-state index in [4.69, 9.17) is 4.74 Å². The molecule has 31 heavy (non-hydrogen) atoms. The van der Waals surface area contributed by atoms with Crippen LogP contribution in [-0.2, 0) is 23.2 Å². The fourth-order valence-electron chi connectivity index (χ4n) is 2.90. The molecule has 4 rings (SSSR count). The third-order valence-corrected chi connectivity index (χ3v) is 5.66. The number of nitrogens with one attached hydrogen (secondary N) is 1. The normalized spacial score (nSPS) is 12.3.